The van der Waals surface area contributed by atoms with Crippen molar-refractivity contribution >= 4 is 56.1 Å². The van der Waals surface area contributed by atoms with Crippen LogP contribution in [0.2, 0.25) is 0 Å². The van der Waals surface area contributed by atoms with Crippen LogP contribution in [-0.2, 0) is 0 Å². The van der Waals surface area contributed by atoms with Crippen LogP contribution in [0.3, 0.4) is 0 Å². The van der Waals surface area contributed by atoms with Gasteiger partial charge in [-0.25, -0.2) is 4.99 Å². The standard InChI is InChI=1S/C19H23IN4S/c1-13-11-15-18(24-10-9-23(2)14(12-24)7-8-20)21-16-5-3-4-6-17(16)22-19(15)25-13/h3-6,11,14,22H,7-10,12H2,1-2H3. The van der Waals surface area contributed by atoms with Crippen molar-refractivity contribution in [1.29, 1.82) is 0 Å². The van der Waals surface area contributed by atoms with Crippen molar-refractivity contribution in [2.24, 2.45) is 4.99 Å². The molecule has 0 radical (unpaired) electrons. The highest BCUT2D eigenvalue weighted by Gasteiger charge is 2.29. The molecule has 2 aromatic rings. The fraction of sp³-hybridized carbons (Fsp3) is 0.421. The minimum absolute atomic E-state index is 0.600. The molecule has 0 aliphatic carbocycles. The predicted octanol–water partition coefficient (Wildman–Crippen LogP) is 4.63. The molecule has 4 nitrogen and oxygen atoms in total. The van der Waals surface area contributed by atoms with Gasteiger partial charge in [0.1, 0.15) is 10.8 Å². The monoisotopic (exact) mass is 466 g/mol. The van der Waals surface area contributed by atoms with Gasteiger partial charge in [0.25, 0.3) is 0 Å². The van der Waals surface area contributed by atoms with Crippen molar-refractivity contribution in [3.05, 3.63) is 40.8 Å². The topological polar surface area (TPSA) is 30.9 Å². The highest BCUT2D eigenvalue weighted by atomic mass is 127. The van der Waals surface area contributed by atoms with Crippen LogP contribution in [0, 0.1) is 6.92 Å². The Morgan fingerprint density at radius 2 is 2.16 bits per heavy atom. The van der Waals surface area contributed by atoms with Gasteiger partial charge in [0.2, 0.25) is 0 Å². The van der Waals surface area contributed by atoms with E-state index in [0.717, 1.165) is 36.8 Å². The summed E-state index contributed by atoms with van der Waals surface area (Å²) in [7, 11) is 2.25. The molecule has 1 aromatic carbocycles. The number of halogens is 1. The first-order chi connectivity index (χ1) is 12.2. The number of aliphatic imine (C=N–C) groups is 1. The van der Waals surface area contributed by atoms with Gasteiger partial charge in [0.05, 0.1) is 16.9 Å². The number of likely N-dealkylation sites (N-methyl/N-ethyl adjacent to an activating group) is 1. The van der Waals surface area contributed by atoms with E-state index in [-0.39, 0.29) is 0 Å². The number of anilines is 2. The average Bonchev–Trinajstić information content (AvgIpc) is 2.89. The Morgan fingerprint density at radius 3 is 3.00 bits per heavy atom. The van der Waals surface area contributed by atoms with E-state index in [0.29, 0.717) is 6.04 Å². The summed E-state index contributed by atoms with van der Waals surface area (Å²) in [6, 6.07) is 11.2. The zero-order valence-corrected chi connectivity index (χ0v) is 17.6. The van der Waals surface area contributed by atoms with Crippen molar-refractivity contribution in [2.75, 3.05) is 36.4 Å². The molecule has 0 bridgehead atoms. The molecule has 0 amide bonds. The van der Waals surface area contributed by atoms with E-state index in [1.165, 1.54) is 26.3 Å². The number of amidine groups is 1. The minimum Gasteiger partial charge on any atom is -0.353 e. The normalized spacial score (nSPS) is 20.4. The van der Waals surface area contributed by atoms with E-state index in [4.69, 9.17) is 4.99 Å². The van der Waals surface area contributed by atoms with Crippen LogP contribution in [0.15, 0.2) is 35.3 Å². The van der Waals surface area contributed by atoms with Gasteiger partial charge in [-0.3, -0.25) is 4.90 Å². The van der Waals surface area contributed by atoms with Crippen LogP contribution in [0.1, 0.15) is 16.9 Å². The summed E-state index contributed by atoms with van der Waals surface area (Å²) >= 11 is 4.30. The smallest absolute Gasteiger partial charge is 0.139 e. The molecule has 1 N–H and O–H groups in total. The maximum Gasteiger partial charge on any atom is 0.139 e. The van der Waals surface area contributed by atoms with E-state index in [9.17, 15) is 0 Å². The van der Waals surface area contributed by atoms with Crippen LogP contribution in [0.5, 0.6) is 0 Å². The maximum absolute atomic E-state index is 5.10. The van der Waals surface area contributed by atoms with Gasteiger partial charge in [0.15, 0.2) is 0 Å². The molecular formula is C19H23IN4S. The van der Waals surface area contributed by atoms with E-state index in [2.05, 4.69) is 82.0 Å². The maximum atomic E-state index is 5.10. The number of hydrogen-bond donors (Lipinski definition) is 1. The molecule has 0 saturated carbocycles. The average molecular weight is 466 g/mol. The molecule has 2 aliphatic heterocycles. The number of aryl methyl sites for hydroxylation is 1. The number of fused-ring (bicyclic) bond motifs is 2. The number of benzene rings is 1. The summed E-state index contributed by atoms with van der Waals surface area (Å²) in [4.78, 5) is 11.4. The minimum atomic E-state index is 0.600. The van der Waals surface area contributed by atoms with Gasteiger partial charge in [-0.05, 0) is 38.6 Å². The van der Waals surface area contributed by atoms with Crippen molar-refractivity contribution in [1.82, 2.24) is 9.80 Å². The second kappa shape index (κ2) is 7.25. The zero-order valence-electron chi connectivity index (χ0n) is 14.6. The fourth-order valence-electron chi connectivity index (χ4n) is 3.56. The van der Waals surface area contributed by atoms with E-state index >= 15 is 0 Å². The molecule has 0 spiro atoms. The van der Waals surface area contributed by atoms with Gasteiger partial charge >= 0.3 is 0 Å². The molecule has 6 heteroatoms. The number of piperazine rings is 1. The molecule has 132 valence electrons. The Hall–Kier alpha value is -1.12. The lowest BCUT2D eigenvalue weighted by Gasteiger charge is -2.40. The summed E-state index contributed by atoms with van der Waals surface area (Å²) < 4.78 is 1.19. The first-order valence-corrected chi connectivity index (χ1v) is 11.1. The third-order valence-electron chi connectivity index (χ3n) is 4.99. The quantitative estimate of drug-likeness (QED) is 0.517. The van der Waals surface area contributed by atoms with Gasteiger partial charge < -0.3 is 10.2 Å². The molecule has 1 fully saturated rings. The lowest BCUT2D eigenvalue weighted by atomic mass is 10.1. The van der Waals surface area contributed by atoms with Crippen molar-refractivity contribution < 1.29 is 0 Å². The molecule has 1 atom stereocenters. The molecular weight excluding hydrogens is 443 g/mol. The molecule has 1 saturated heterocycles. The number of nitrogens with one attached hydrogen (secondary N) is 1. The zero-order chi connectivity index (χ0) is 17.4. The van der Waals surface area contributed by atoms with Gasteiger partial charge in [0, 0.05) is 35.0 Å². The highest BCUT2D eigenvalue weighted by Crippen LogP contribution is 2.39. The van der Waals surface area contributed by atoms with E-state index in [1.54, 1.807) is 0 Å². The molecule has 3 heterocycles. The Kier molecular flexibility index (Phi) is 5.01. The largest absolute Gasteiger partial charge is 0.353 e. The third-order valence-corrected chi connectivity index (χ3v) is 6.58. The van der Waals surface area contributed by atoms with E-state index in [1.807, 2.05) is 11.3 Å². The second-order valence-electron chi connectivity index (χ2n) is 6.74. The van der Waals surface area contributed by atoms with Crippen molar-refractivity contribution in [3.63, 3.8) is 0 Å². The SMILES string of the molecule is Cc1cc2c(s1)Nc1ccccc1N=C2N1CCN(C)C(CCI)C1. The van der Waals surface area contributed by atoms with Crippen LogP contribution >= 0.6 is 33.9 Å². The number of nitrogens with zero attached hydrogens (tertiary/aromatic N) is 3. The molecule has 1 unspecified atom stereocenters. The predicted molar refractivity (Wildman–Crippen MR) is 116 cm³/mol. The van der Waals surface area contributed by atoms with Crippen LogP contribution in [-0.4, -0.2) is 52.8 Å². The first kappa shape index (κ1) is 17.3. The Labute approximate surface area is 167 Å². The number of alkyl halides is 1. The molecule has 2 aliphatic rings. The van der Waals surface area contributed by atoms with Crippen LogP contribution in [0.4, 0.5) is 16.4 Å². The highest BCUT2D eigenvalue weighted by molar-refractivity contribution is 14.1. The van der Waals surface area contributed by atoms with Crippen LogP contribution in [0.25, 0.3) is 0 Å². The summed E-state index contributed by atoms with van der Waals surface area (Å²) in [5.74, 6) is 1.13. The lowest BCUT2D eigenvalue weighted by Crippen LogP contribution is -2.53. The fourth-order valence-corrected chi connectivity index (χ4v) is 5.20. The number of hydrogen-bond acceptors (Lipinski definition) is 5. The Morgan fingerprint density at radius 1 is 1.32 bits per heavy atom. The number of rotatable bonds is 2. The summed E-state index contributed by atoms with van der Waals surface area (Å²) in [6.07, 6.45) is 1.23. The third kappa shape index (κ3) is 3.44. The summed E-state index contributed by atoms with van der Waals surface area (Å²) in [5, 5.41) is 4.82. The second-order valence-corrected chi connectivity index (χ2v) is 9.07. The first-order valence-electron chi connectivity index (χ1n) is 8.72. The van der Waals surface area contributed by atoms with Crippen molar-refractivity contribution in [3.8, 4) is 0 Å². The molecule has 25 heavy (non-hydrogen) atoms. The van der Waals surface area contributed by atoms with Gasteiger partial charge in [-0.1, -0.05) is 34.7 Å². The lowest BCUT2D eigenvalue weighted by molar-refractivity contribution is 0.139. The Balaban J connectivity index is 1.75. The van der Waals surface area contributed by atoms with Crippen LogP contribution < -0.4 is 5.32 Å². The summed E-state index contributed by atoms with van der Waals surface area (Å²) in [6.45, 7) is 5.35. The van der Waals surface area contributed by atoms with Gasteiger partial charge in [-0.2, -0.15) is 0 Å². The van der Waals surface area contributed by atoms with Crippen molar-refractivity contribution in [2.45, 2.75) is 19.4 Å². The summed E-state index contributed by atoms with van der Waals surface area (Å²) in [5.41, 5.74) is 3.37. The molecule has 1 aromatic heterocycles. The van der Waals surface area contributed by atoms with Gasteiger partial charge in [-0.15, -0.1) is 11.3 Å². The Bertz CT molecular complexity index is 800. The van der Waals surface area contributed by atoms with E-state index < -0.39 is 0 Å². The number of thiophene rings is 1. The number of para-hydroxylation sites is 2. The molecule has 4 rings (SSSR count).